The van der Waals surface area contributed by atoms with Gasteiger partial charge in [-0.2, -0.15) is 4.98 Å². The van der Waals surface area contributed by atoms with E-state index in [2.05, 4.69) is 32.5 Å². The van der Waals surface area contributed by atoms with E-state index in [-0.39, 0.29) is 17.9 Å². The number of rotatable bonds is 7. The minimum absolute atomic E-state index is 0.0248. The largest absolute Gasteiger partial charge is 0.368 e. The average Bonchev–Trinajstić information content (AvgIpc) is 2.49. The highest BCUT2D eigenvalue weighted by Gasteiger charge is 2.14. The number of unbranched alkanes of at least 4 members (excludes halogenated alkanes) is 1. The Labute approximate surface area is 133 Å². The molecule has 0 aliphatic carbocycles. The molecule has 2 aromatic heterocycles. The highest BCUT2D eigenvalue weighted by Crippen LogP contribution is 2.21. The van der Waals surface area contributed by atoms with Crippen LogP contribution in [0.1, 0.15) is 33.1 Å². The topological polar surface area (TPSA) is 106 Å². The highest BCUT2D eigenvalue weighted by atomic mass is 19.1. The zero-order valence-corrected chi connectivity index (χ0v) is 13.3. The van der Waals surface area contributed by atoms with Gasteiger partial charge < -0.3 is 16.4 Å². The monoisotopic (exact) mass is 320 g/mol. The van der Waals surface area contributed by atoms with Crippen LogP contribution in [0.3, 0.4) is 0 Å². The number of nitrogens with zero attached hydrogens (tertiary/aromatic N) is 3. The SMILES string of the molecule is CCCC[C@H](CNC(C)=O)Nc1nc(N)nc2cc(F)cnc12. The van der Waals surface area contributed by atoms with Gasteiger partial charge in [-0.3, -0.25) is 4.79 Å². The number of nitrogen functional groups attached to an aromatic ring is 1. The zero-order valence-electron chi connectivity index (χ0n) is 13.3. The van der Waals surface area contributed by atoms with E-state index in [1.54, 1.807) is 0 Å². The Bertz CT molecular complexity index is 688. The van der Waals surface area contributed by atoms with Crippen molar-refractivity contribution in [2.45, 2.75) is 39.2 Å². The van der Waals surface area contributed by atoms with Gasteiger partial charge in [0.1, 0.15) is 11.3 Å². The predicted molar refractivity (Wildman–Crippen MR) is 87.3 cm³/mol. The van der Waals surface area contributed by atoms with Gasteiger partial charge in [-0.15, -0.1) is 0 Å². The number of pyridine rings is 1. The lowest BCUT2D eigenvalue weighted by molar-refractivity contribution is -0.119. The number of anilines is 2. The van der Waals surface area contributed by atoms with Crippen LogP contribution in [-0.4, -0.2) is 33.4 Å². The number of hydrogen-bond acceptors (Lipinski definition) is 6. The first-order valence-corrected chi connectivity index (χ1v) is 7.59. The van der Waals surface area contributed by atoms with Gasteiger partial charge in [0.25, 0.3) is 0 Å². The molecule has 0 saturated carbocycles. The van der Waals surface area contributed by atoms with Gasteiger partial charge in [0.05, 0.1) is 11.7 Å². The first kappa shape index (κ1) is 16.9. The third-order valence-corrected chi connectivity index (χ3v) is 3.36. The summed E-state index contributed by atoms with van der Waals surface area (Å²) >= 11 is 0. The Balaban J connectivity index is 2.27. The molecular weight excluding hydrogens is 299 g/mol. The number of hydrogen-bond donors (Lipinski definition) is 3. The van der Waals surface area contributed by atoms with Crippen molar-refractivity contribution in [1.29, 1.82) is 0 Å². The maximum atomic E-state index is 13.3. The van der Waals surface area contributed by atoms with E-state index in [4.69, 9.17) is 5.73 Å². The van der Waals surface area contributed by atoms with Crippen LogP contribution in [0.15, 0.2) is 12.3 Å². The number of fused-ring (bicyclic) bond motifs is 1. The molecule has 1 amide bonds. The van der Waals surface area contributed by atoms with Crippen molar-refractivity contribution in [2.75, 3.05) is 17.6 Å². The van der Waals surface area contributed by atoms with Crippen molar-refractivity contribution in [3.8, 4) is 0 Å². The van der Waals surface area contributed by atoms with Crippen LogP contribution in [0.5, 0.6) is 0 Å². The zero-order chi connectivity index (χ0) is 16.8. The fourth-order valence-electron chi connectivity index (χ4n) is 2.25. The minimum atomic E-state index is -0.484. The molecule has 0 saturated heterocycles. The molecule has 0 aliphatic rings. The molecule has 1 atom stereocenters. The summed E-state index contributed by atoms with van der Waals surface area (Å²) in [5, 5.41) is 6.03. The molecule has 23 heavy (non-hydrogen) atoms. The summed E-state index contributed by atoms with van der Waals surface area (Å²) in [7, 11) is 0. The van der Waals surface area contributed by atoms with Gasteiger partial charge in [0, 0.05) is 25.6 Å². The third-order valence-electron chi connectivity index (χ3n) is 3.36. The summed E-state index contributed by atoms with van der Waals surface area (Å²) in [5.74, 6) is -0.0944. The molecule has 0 fully saturated rings. The van der Waals surface area contributed by atoms with Crippen LogP contribution in [-0.2, 0) is 4.79 Å². The lowest BCUT2D eigenvalue weighted by Gasteiger charge is -2.20. The highest BCUT2D eigenvalue weighted by molar-refractivity contribution is 5.86. The molecule has 7 nitrogen and oxygen atoms in total. The molecule has 0 aliphatic heterocycles. The summed E-state index contributed by atoms with van der Waals surface area (Å²) < 4.78 is 13.3. The number of aromatic nitrogens is 3. The van der Waals surface area contributed by atoms with E-state index in [1.165, 1.54) is 13.0 Å². The fourth-order valence-corrected chi connectivity index (χ4v) is 2.25. The number of amides is 1. The third kappa shape index (κ3) is 4.73. The van der Waals surface area contributed by atoms with Gasteiger partial charge in [-0.1, -0.05) is 19.8 Å². The first-order chi connectivity index (χ1) is 11.0. The minimum Gasteiger partial charge on any atom is -0.368 e. The number of nitrogens with one attached hydrogen (secondary N) is 2. The molecule has 2 aromatic rings. The maximum Gasteiger partial charge on any atom is 0.222 e. The molecule has 4 N–H and O–H groups in total. The van der Waals surface area contributed by atoms with Crippen LogP contribution in [0.25, 0.3) is 11.0 Å². The molecule has 0 spiro atoms. The van der Waals surface area contributed by atoms with Crippen LogP contribution < -0.4 is 16.4 Å². The molecular formula is C15H21FN6O. The van der Waals surface area contributed by atoms with E-state index in [1.807, 2.05) is 0 Å². The van der Waals surface area contributed by atoms with Gasteiger partial charge in [0.2, 0.25) is 11.9 Å². The second kappa shape index (κ2) is 7.66. The van der Waals surface area contributed by atoms with Crippen molar-refractivity contribution < 1.29 is 9.18 Å². The Kier molecular flexibility index (Phi) is 5.61. The van der Waals surface area contributed by atoms with Crippen LogP contribution >= 0.6 is 0 Å². The predicted octanol–water partition coefficient (Wildman–Crippen LogP) is 1.85. The summed E-state index contributed by atoms with van der Waals surface area (Å²) in [4.78, 5) is 23.3. The van der Waals surface area contributed by atoms with Crippen LogP contribution in [0.2, 0.25) is 0 Å². The number of nitrogens with two attached hydrogens (primary N) is 1. The summed E-state index contributed by atoms with van der Waals surface area (Å²) in [6.45, 7) is 4.03. The molecule has 8 heteroatoms. The van der Waals surface area contributed by atoms with Gasteiger partial charge in [0.15, 0.2) is 5.82 Å². The van der Waals surface area contributed by atoms with Crippen molar-refractivity contribution in [2.24, 2.45) is 0 Å². The molecule has 0 unspecified atom stereocenters. The lowest BCUT2D eigenvalue weighted by atomic mass is 10.1. The Morgan fingerprint density at radius 1 is 1.43 bits per heavy atom. The van der Waals surface area contributed by atoms with Gasteiger partial charge in [-0.25, -0.2) is 14.4 Å². The van der Waals surface area contributed by atoms with E-state index in [9.17, 15) is 9.18 Å². The van der Waals surface area contributed by atoms with E-state index in [0.29, 0.717) is 23.4 Å². The quantitative estimate of drug-likeness (QED) is 0.719. The van der Waals surface area contributed by atoms with E-state index < -0.39 is 5.82 Å². The maximum absolute atomic E-state index is 13.3. The lowest BCUT2D eigenvalue weighted by Crippen LogP contribution is -2.35. The van der Waals surface area contributed by atoms with Crippen molar-refractivity contribution in [3.63, 3.8) is 0 Å². The van der Waals surface area contributed by atoms with Crippen LogP contribution in [0, 0.1) is 5.82 Å². The molecule has 2 rings (SSSR count). The Morgan fingerprint density at radius 3 is 2.91 bits per heavy atom. The molecule has 0 aromatic carbocycles. The second-order valence-electron chi connectivity index (χ2n) is 5.37. The van der Waals surface area contributed by atoms with Crippen LogP contribution in [0.4, 0.5) is 16.2 Å². The number of halogens is 1. The fraction of sp³-hybridized carbons (Fsp3) is 0.467. The molecule has 124 valence electrons. The van der Waals surface area contributed by atoms with Crippen molar-refractivity contribution in [1.82, 2.24) is 20.3 Å². The standard InChI is InChI=1S/C15H21FN6O/c1-3-4-5-11(8-18-9(2)23)20-14-13-12(21-15(17)22-14)6-10(16)7-19-13/h6-7,11H,3-5,8H2,1-2H3,(H,18,23)(H3,17,20,21,22)/t11-/m1/s1. The van der Waals surface area contributed by atoms with E-state index in [0.717, 1.165) is 25.5 Å². The second-order valence-corrected chi connectivity index (χ2v) is 5.37. The Hall–Kier alpha value is -2.51. The first-order valence-electron chi connectivity index (χ1n) is 7.59. The Morgan fingerprint density at radius 2 is 2.22 bits per heavy atom. The smallest absolute Gasteiger partial charge is 0.222 e. The van der Waals surface area contributed by atoms with Gasteiger partial charge >= 0.3 is 0 Å². The molecule has 0 bridgehead atoms. The van der Waals surface area contributed by atoms with Gasteiger partial charge in [-0.05, 0) is 6.42 Å². The summed E-state index contributed by atoms with van der Waals surface area (Å²) in [6.07, 6.45) is 4.00. The number of carbonyl (C=O) groups excluding carboxylic acids is 1. The summed E-state index contributed by atoms with van der Waals surface area (Å²) in [5.41, 5.74) is 6.48. The molecule has 2 heterocycles. The normalized spacial score (nSPS) is 12.1. The average molecular weight is 320 g/mol. The van der Waals surface area contributed by atoms with Crippen molar-refractivity contribution in [3.05, 3.63) is 18.1 Å². The summed E-state index contributed by atoms with van der Waals surface area (Å²) in [6, 6.07) is 1.24. The number of carbonyl (C=O) groups is 1. The van der Waals surface area contributed by atoms with E-state index >= 15 is 0 Å². The van der Waals surface area contributed by atoms with Crippen molar-refractivity contribution >= 4 is 28.7 Å². The molecule has 0 radical (unpaired) electrons.